The van der Waals surface area contributed by atoms with Crippen LogP contribution in [0.25, 0.3) is 0 Å². The average Bonchev–Trinajstić information content (AvgIpc) is 3.35. The molecular weight excluding hydrogens is 725 g/mol. The lowest BCUT2D eigenvalue weighted by Gasteiger charge is -2.32. The zero-order valence-corrected chi connectivity index (χ0v) is 33.0. The quantitative estimate of drug-likeness (QED) is 0.121. The van der Waals surface area contributed by atoms with Crippen LogP contribution < -0.4 is 15.4 Å². The van der Waals surface area contributed by atoms with E-state index in [1.54, 1.807) is 36.3 Å². The van der Waals surface area contributed by atoms with Crippen LogP contribution in [0, 0.1) is 11.8 Å². The smallest absolute Gasteiger partial charge is 0.261 e. The molecule has 3 aliphatic rings. The number of unbranched alkanes of at least 4 members (excludes halogenated alkanes) is 1. The first kappa shape index (κ1) is 40.5. The summed E-state index contributed by atoms with van der Waals surface area (Å²) in [5.41, 5.74) is 2.82. The van der Waals surface area contributed by atoms with Gasteiger partial charge in [-0.2, -0.15) is 0 Å². The van der Waals surface area contributed by atoms with Crippen molar-refractivity contribution in [1.29, 1.82) is 0 Å². The largest absolute Gasteiger partial charge is 0.497 e. The number of methoxy groups -OCH3 is 1. The summed E-state index contributed by atoms with van der Waals surface area (Å²) in [6.07, 6.45) is 12.4. The van der Waals surface area contributed by atoms with Crippen LogP contribution in [0.15, 0.2) is 103 Å². The van der Waals surface area contributed by atoms with E-state index in [9.17, 15) is 24.0 Å². The molecule has 5 amide bonds. The van der Waals surface area contributed by atoms with Gasteiger partial charge in [0, 0.05) is 31.8 Å². The Kier molecular flexibility index (Phi) is 14.2. The van der Waals surface area contributed by atoms with Gasteiger partial charge in [0.25, 0.3) is 11.8 Å². The summed E-state index contributed by atoms with van der Waals surface area (Å²) in [7, 11) is 1.62. The van der Waals surface area contributed by atoms with Gasteiger partial charge in [-0.05, 0) is 86.3 Å². The van der Waals surface area contributed by atoms with Crippen molar-refractivity contribution in [2.24, 2.45) is 11.8 Å². The van der Waals surface area contributed by atoms with Gasteiger partial charge in [0.2, 0.25) is 17.7 Å². The Morgan fingerprint density at radius 3 is 2.25 bits per heavy atom. The highest BCUT2D eigenvalue weighted by molar-refractivity contribution is 7.99. The molecule has 5 unspecified atom stereocenters. The number of allylic oxidation sites excluding steroid dienone is 4. The van der Waals surface area contributed by atoms with Gasteiger partial charge in [-0.15, -0.1) is 11.8 Å². The number of thioether (sulfide) groups is 1. The average molecular weight is 777 g/mol. The Balaban J connectivity index is 1.20. The molecule has 6 rings (SSSR count). The summed E-state index contributed by atoms with van der Waals surface area (Å²) in [6.45, 7) is 2.97. The van der Waals surface area contributed by atoms with Crippen molar-refractivity contribution in [3.05, 3.63) is 125 Å². The maximum Gasteiger partial charge on any atom is 0.261 e. The highest BCUT2D eigenvalue weighted by Crippen LogP contribution is 2.33. The molecule has 0 saturated carbocycles. The van der Waals surface area contributed by atoms with Crippen LogP contribution >= 0.6 is 11.8 Å². The first-order valence-electron chi connectivity index (χ1n) is 19.7. The van der Waals surface area contributed by atoms with E-state index in [4.69, 9.17) is 4.74 Å². The van der Waals surface area contributed by atoms with E-state index in [0.717, 1.165) is 23.3 Å². The number of fused-ring (bicyclic) bond motifs is 1. The third-order valence-corrected chi connectivity index (χ3v) is 12.3. The Labute approximate surface area is 334 Å². The lowest BCUT2D eigenvalue weighted by molar-refractivity contribution is -0.142. The molecule has 11 heteroatoms. The maximum atomic E-state index is 14.7. The summed E-state index contributed by atoms with van der Waals surface area (Å²) in [4.78, 5) is 71.7. The molecule has 5 atom stereocenters. The fourth-order valence-electron chi connectivity index (χ4n) is 7.89. The molecule has 0 aromatic heterocycles. The molecule has 10 nitrogen and oxygen atoms in total. The third-order valence-electron chi connectivity index (χ3n) is 11.0. The molecule has 0 radical (unpaired) electrons. The van der Waals surface area contributed by atoms with Gasteiger partial charge in [0.05, 0.1) is 23.5 Å². The van der Waals surface area contributed by atoms with Gasteiger partial charge < -0.3 is 20.3 Å². The second-order valence-corrected chi connectivity index (χ2v) is 15.8. The minimum absolute atomic E-state index is 0.118. The molecule has 1 aliphatic carbocycles. The highest BCUT2D eigenvalue weighted by atomic mass is 32.2. The van der Waals surface area contributed by atoms with Gasteiger partial charge in [-0.1, -0.05) is 85.3 Å². The van der Waals surface area contributed by atoms with Gasteiger partial charge in [0.1, 0.15) is 17.8 Å². The molecule has 2 N–H and O–H groups in total. The standard InChI is InChI=1S/C45H52N4O6S/c1-3-46-41(50)39(28-31-14-6-4-7-15-31)48-27-25-34(33-16-8-5-9-17-33)29-38(45(48)54)47-42(51)40(56-30-32-21-23-35(55-2)24-22-32)20-12-13-26-49-43(52)36-18-10-11-19-37(36)44(49)53/h4-11,14-16,18-19,21-24,33-34,38-40H,3,12-13,17,20,25-30H2,1-2H3,(H,46,50)(H,47,51). The van der Waals surface area contributed by atoms with E-state index >= 15 is 0 Å². The van der Waals surface area contributed by atoms with Crippen LogP contribution in [0.5, 0.6) is 5.75 Å². The predicted molar refractivity (Wildman–Crippen MR) is 219 cm³/mol. The minimum atomic E-state index is -0.815. The normalized spacial score (nSPS) is 20.3. The Hall–Kier alpha value is -5.16. The molecule has 1 fully saturated rings. The van der Waals surface area contributed by atoms with Gasteiger partial charge in [-0.25, -0.2) is 0 Å². The zero-order chi connectivity index (χ0) is 39.4. The monoisotopic (exact) mass is 776 g/mol. The maximum absolute atomic E-state index is 14.7. The number of carbonyl (C=O) groups excluding carboxylic acids is 5. The predicted octanol–water partition coefficient (Wildman–Crippen LogP) is 6.37. The van der Waals surface area contributed by atoms with Crippen LogP contribution in [-0.4, -0.2) is 83.4 Å². The lowest BCUT2D eigenvalue weighted by atomic mass is 9.81. The fourth-order valence-corrected chi connectivity index (χ4v) is 9.03. The summed E-state index contributed by atoms with van der Waals surface area (Å²) < 4.78 is 5.33. The number of ether oxygens (including phenoxy) is 1. The third kappa shape index (κ3) is 9.98. The van der Waals surface area contributed by atoms with Crippen molar-refractivity contribution in [2.45, 2.75) is 75.0 Å². The van der Waals surface area contributed by atoms with Crippen molar-refractivity contribution >= 4 is 41.3 Å². The van der Waals surface area contributed by atoms with E-state index in [1.807, 2.05) is 73.7 Å². The van der Waals surface area contributed by atoms with Crippen molar-refractivity contribution in [2.75, 3.05) is 26.7 Å². The van der Waals surface area contributed by atoms with E-state index in [0.29, 0.717) is 68.5 Å². The molecule has 0 spiro atoms. The molecular formula is C45H52N4O6S. The van der Waals surface area contributed by atoms with E-state index in [2.05, 4.69) is 22.8 Å². The lowest BCUT2D eigenvalue weighted by Crippen LogP contribution is -2.56. The van der Waals surface area contributed by atoms with Crippen LogP contribution in [0.2, 0.25) is 0 Å². The topological polar surface area (TPSA) is 125 Å². The van der Waals surface area contributed by atoms with Crippen molar-refractivity contribution in [1.82, 2.24) is 20.4 Å². The zero-order valence-electron chi connectivity index (χ0n) is 32.2. The van der Waals surface area contributed by atoms with E-state index in [-0.39, 0.29) is 47.9 Å². The van der Waals surface area contributed by atoms with E-state index in [1.165, 1.54) is 16.7 Å². The molecule has 1 saturated heterocycles. The van der Waals surface area contributed by atoms with Crippen molar-refractivity contribution in [3.63, 3.8) is 0 Å². The molecule has 0 bridgehead atoms. The molecule has 3 aromatic rings. The summed E-state index contributed by atoms with van der Waals surface area (Å²) in [5, 5.41) is 5.64. The number of rotatable bonds is 17. The number of likely N-dealkylation sites (N-methyl/N-ethyl adjacent to an activating group) is 1. The number of likely N-dealkylation sites (tertiary alicyclic amines) is 1. The molecule has 56 heavy (non-hydrogen) atoms. The molecule has 2 heterocycles. The number of nitrogens with zero attached hydrogens (tertiary/aromatic N) is 2. The SMILES string of the molecule is CCNC(=O)C(Cc1ccccc1)N1CCC(C2C=CC=CC2)CC(NC(=O)C(CCCCN2C(=O)c3ccccc3C2=O)SCc2ccc(OC)cc2)C1=O. The number of imide groups is 1. The Bertz CT molecular complexity index is 1880. The summed E-state index contributed by atoms with van der Waals surface area (Å²) in [6, 6.07) is 22.8. The number of carbonyl (C=O) groups is 5. The van der Waals surface area contributed by atoms with Crippen LogP contribution in [-0.2, 0) is 26.6 Å². The van der Waals surface area contributed by atoms with Gasteiger partial charge in [-0.3, -0.25) is 28.9 Å². The Morgan fingerprint density at radius 1 is 0.875 bits per heavy atom. The Morgan fingerprint density at radius 2 is 1.59 bits per heavy atom. The van der Waals surface area contributed by atoms with Gasteiger partial charge >= 0.3 is 0 Å². The molecule has 294 valence electrons. The number of benzene rings is 3. The van der Waals surface area contributed by atoms with Crippen molar-refractivity contribution < 1.29 is 28.7 Å². The highest BCUT2D eigenvalue weighted by Gasteiger charge is 2.40. The minimum Gasteiger partial charge on any atom is -0.497 e. The second-order valence-electron chi connectivity index (χ2n) is 14.6. The van der Waals surface area contributed by atoms with Crippen LogP contribution in [0.3, 0.4) is 0 Å². The van der Waals surface area contributed by atoms with E-state index < -0.39 is 17.3 Å². The number of hydrogen-bond donors (Lipinski definition) is 2. The first-order chi connectivity index (χ1) is 27.3. The van der Waals surface area contributed by atoms with Gasteiger partial charge in [0.15, 0.2) is 0 Å². The summed E-state index contributed by atoms with van der Waals surface area (Å²) in [5.74, 6) is 0.367. The fraction of sp³-hybridized carbons (Fsp3) is 0.400. The summed E-state index contributed by atoms with van der Waals surface area (Å²) >= 11 is 1.50. The number of amides is 5. The van der Waals surface area contributed by atoms with Crippen LogP contribution in [0.4, 0.5) is 0 Å². The van der Waals surface area contributed by atoms with Crippen LogP contribution in [0.1, 0.15) is 77.3 Å². The first-order valence-corrected chi connectivity index (χ1v) is 20.8. The van der Waals surface area contributed by atoms with Crippen molar-refractivity contribution in [3.8, 4) is 5.75 Å². The second kappa shape index (κ2) is 19.6. The molecule has 2 aliphatic heterocycles. The molecule has 3 aromatic carbocycles. The number of hydrogen-bond acceptors (Lipinski definition) is 7. The number of nitrogens with one attached hydrogen (secondary N) is 2.